The second kappa shape index (κ2) is 6.66. The zero-order chi connectivity index (χ0) is 19.1. The molecule has 138 valence electrons. The summed E-state index contributed by atoms with van der Waals surface area (Å²) in [6.07, 6.45) is 1.95. The fourth-order valence-corrected chi connectivity index (χ4v) is 4.38. The lowest BCUT2D eigenvalue weighted by atomic mass is 10.1. The largest absolute Gasteiger partial charge is 0.345 e. The second-order valence-electron chi connectivity index (χ2n) is 6.70. The SMILES string of the molecule is Cc1nn(C)cc1[C@H](C)NC(=O)c1cc2c(C)nn(-c3ccccc3)c2s1. The zero-order valence-corrected chi connectivity index (χ0v) is 16.5. The van der Waals surface area contributed by atoms with Gasteiger partial charge in [0.25, 0.3) is 5.91 Å². The van der Waals surface area contributed by atoms with Crippen LogP contribution in [0.2, 0.25) is 0 Å². The summed E-state index contributed by atoms with van der Waals surface area (Å²) in [4.78, 5) is 14.5. The number of fused-ring (bicyclic) bond motifs is 1. The average Bonchev–Trinajstić information content (AvgIpc) is 3.30. The van der Waals surface area contributed by atoms with E-state index in [9.17, 15) is 4.79 Å². The van der Waals surface area contributed by atoms with Crippen molar-refractivity contribution in [2.75, 3.05) is 0 Å². The van der Waals surface area contributed by atoms with Crippen LogP contribution in [-0.2, 0) is 7.05 Å². The number of rotatable bonds is 4. The fraction of sp³-hybridized carbons (Fsp3) is 0.250. The number of thiophene rings is 1. The monoisotopic (exact) mass is 379 g/mol. The highest BCUT2D eigenvalue weighted by molar-refractivity contribution is 7.20. The van der Waals surface area contributed by atoms with Crippen molar-refractivity contribution >= 4 is 27.5 Å². The first-order valence-corrected chi connectivity index (χ1v) is 9.61. The summed E-state index contributed by atoms with van der Waals surface area (Å²) in [5, 5.41) is 13.1. The first-order valence-electron chi connectivity index (χ1n) is 8.79. The molecule has 0 saturated heterocycles. The highest BCUT2D eigenvalue weighted by Crippen LogP contribution is 2.30. The number of aromatic nitrogens is 4. The standard InChI is InChI=1S/C20H21N5OS/c1-12(17-11-24(4)22-14(17)3)21-19(26)18-10-16-13(2)23-25(20(16)27-18)15-8-6-5-7-9-15/h5-12H,1-4H3,(H,21,26)/t12-/m0/s1. The average molecular weight is 379 g/mol. The topological polar surface area (TPSA) is 64.7 Å². The molecule has 0 bridgehead atoms. The van der Waals surface area contributed by atoms with E-state index in [-0.39, 0.29) is 11.9 Å². The molecule has 1 amide bonds. The number of carbonyl (C=O) groups excluding carboxylic acids is 1. The molecular weight excluding hydrogens is 358 g/mol. The molecular formula is C20H21N5OS. The molecule has 0 radical (unpaired) electrons. The molecule has 7 heteroatoms. The van der Waals surface area contributed by atoms with Crippen molar-refractivity contribution in [2.45, 2.75) is 26.8 Å². The molecule has 3 heterocycles. The van der Waals surface area contributed by atoms with Gasteiger partial charge in [-0.3, -0.25) is 9.48 Å². The smallest absolute Gasteiger partial charge is 0.261 e. The maximum Gasteiger partial charge on any atom is 0.261 e. The molecule has 0 aliphatic heterocycles. The molecule has 1 aromatic carbocycles. The quantitative estimate of drug-likeness (QED) is 0.584. The number of para-hydroxylation sites is 1. The van der Waals surface area contributed by atoms with Crippen LogP contribution >= 0.6 is 11.3 Å². The lowest BCUT2D eigenvalue weighted by molar-refractivity contribution is 0.0944. The maximum absolute atomic E-state index is 12.8. The predicted octanol–water partition coefficient (Wildman–Crippen LogP) is 3.93. The third-order valence-corrected chi connectivity index (χ3v) is 5.74. The first kappa shape index (κ1) is 17.5. The van der Waals surface area contributed by atoms with Crippen LogP contribution in [-0.4, -0.2) is 25.5 Å². The summed E-state index contributed by atoms with van der Waals surface area (Å²) < 4.78 is 3.67. The number of amides is 1. The lowest BCUT2D eigenvalue weighted by Gasteiger charge is -2.12. The molecule has 0 saturated carbocycles. The van der Waals surface area contributed by atoms with Crippen LogP contribution < -0.4 is 5.32 Å². The van der Waals surface area contributed by atoms with Gasteiger partial charge in [0.15, 0.2) is 0 Å². The predicted molar refractivity (Wildman–Crippen MR) is 108 cm³/mol. The van der Waals surface area contributed by atoms with E-state index in [1.165, 1.54) is 11.3 Å². The van der Waals surface area contributed by atoms with E-state index < -0.39 is 0 Å². The Kier molecular flexibility index (Phi) is 4.31. The van der Waals surface area contributed by atoms with Gasteiger partial charge in [0, 0.05) is 24.2 Å². The van der Waals surface area contributed by atoms with Gasteiger partial charge in [-0.15, -0.1) is 11.3 Å². The van der Waals surface area contributed by atoms with Crippen molar-refractivity contribution in [1.29, 1.82) is 0 Å². The second-order valence-corrected chi connectivity index (χ2v) is 7.73. The maximum atomic E-state index is 12.8. The van der Waals surface area contributed by atoms with Gasteiger partial charge in [-0.05, 0) is 39.0 Å². The molecule has 3 aromatic heterocycles. The van der Waals surface area contributed by atoms with Crippen LogP contribution in [0.1, 0.15) is 39.6 Å². The minimum atomic E-state index is -0.108. The van der Waals surface area contributed by atoms with Crippen LogP contribution in [0.5, 0.6) is 0 Å². The molecule has 4 rings (SSSR count). The normalized spacial score (nSPS) is 12.4. The Morgan fingerprint density at radius 1 is 1.15 bits per heavy atom. The Morgan fingerprint density at radius 2 is 1.89 bits per heavy atom. The Bertz CT molecular complexity index is 1120. The number of hydrogen-bond acceptors (Lipinski definition) is 4. The van der Waals surface area contributed by atoms with Crippen molar-refractivity contribution in [1.82, 2.24) is 24.9 Å². The van der Waals surface area contributed by atoms with Gasteiger partial charge in [-0.2, -0.15) is 10.2 Å². The van der Waals surface area contributed by atoms with E-state index in [0.29, 0.717) is 4.88 Å². The number of carbonyl (C=O) groups is 1. The third-order valence-electron chi connectivity index (χ3n) is 4.63. The summed E-state index contributed by atoms with van der Waals surface area (Å²) in [6.45, 7) is 5.90. The molecule has 0 spiro atoms. The summed E-state index contributed by atoms with van der Waals surface area (Å²) >= 11 is 1.46. The van der Waals surface area contributed by atoms with E-state index in [2.05, 4.69) is 15.5 Å². The first-order chi connectivity index (χ1) is 12.9. The number of hydrogen-bond donors (Lipinski definition) is 1. The number of benzene rings is 1. The van der Waals surface area contributed by atoms with Crippen LogP contribution in [0.25, 0.3) is 15.9 Å². The van der Waals surface area contributed by atoms with Crippen molar-refractivity contribution in [3.05, 3.63) is 64.4 Å². The van der Waals surface area contributed by atoms with Crippen molar-refractivity contribution < 1.29 is 4.79 Å². The van der Waals surface area contributed by atoms with Crippen molar-refractivity contribution in [3.63, 3.8) is 0 Å². The minimum Gasteiger partial charge on any atom is -0.345 e. The summed E-state index contributed by atoms with van der Waals surface area (Å²) in [5.74, 6) is -0.0778. The van der Waals surface area contributed by atoms with Gasteiger partial charge >= 0.3 is 0 Å². The Hall–Kier alpha value is -2.93. The molecule has 1 atom stereocenters. The Balaban J connectivity index is 1.64. The lowest BCUT2D eigenvalue weighted by Crippen LogP contribution is -2.26. The number of nitrogens with one attached hydrogen (secondary N) is 1. The van der Waals surface area contributed by atoms with Gasteiger partial charge in [0.1, 0.15) is 4.83 Å². The van der Waals surface area contributed by atoms with Crippen LogP contribution in [0, 0.1) is 13.8 Å². The van der Waals surface area contributed by atoms with Gasteiger partial charge in [-0.1, -0.05) is 18.2 Å². The van der Waals surface area contributed by atoms with E-state index in [1.807, 2.05) is 75.1 Å². The van der Waals surface area contributed by atoms with Gasteiger partial charge in [0.05, 0.1) is 28.0 Å². The summed E-state index contributed by atoms with van der Waals surface area (Å²) in [5.41, 5.74) is 3.86. The van der Waals surface area contributed by atoms with E-state index in [0.717, 1.165) is 32.9 Å². The molecule has 0 aliphatic rings. The highest BCUT2D eigenvalue weighted by atomic mass is 32.1. The van der Waals surface area contributed by atoms with E-state index in [1.54, 1.807) is 4.68 Å². The molecule has 0 fully saturated rings. The minimum absolute atomic E-state index is 0.0778. The van der Waals surface area contributed by atoms with Gasteiger partial charge in [0.2, 0.25) is 0 Å². The molecule has 27 heavy (non-hydrogen) atoms. The van der Waals surface area contributed by atoms with Crippen LogP contribution in [0.4, 0.5) is 0 Å². The van der Waals surface area contributed by atoms with Crippen molar-refractivity contribution in [2.24, 2.45) is 7.05 Å². The number of aryl methyl sites for hydroxylation is 3. The fourth-order valence-electron chi connectivity index (χ4n) is 3.29. The van der Waals surface area contributed by atoms with Gasteiger partial charge < -0.3 is 5.32 Å². The number of nitrogens with zero attached hydrogens (tertiary/aromatic N) is 4. The summed E-state index contributed by atoms with van der Waals surface area (Å²) in [7, 11) is 1.88. The molecule has 4 aromatic rings. The summed E-state index contributed by atoms with van der Waals surface area (Å²) in [6, 6.07) is 11.8. The zero-order valence-electron chi connectivity index (χ0n) is 15.7. The Labute approximate surface area is 161 Å². The van der Waals surface area contributed by atoms with Crippen LogP contribution in [0.3, 0.4) is 0 Å². The highest BCUT2D eigenvalue weighted by Gasteiger charge is 2.20. The van der Waals surface area contributed by atoms with E-state index >= 15 is 0 Å². The molecule has 0 unspecified atom stereocenters. The molecule has 6 nitrogen and oxygen atoms in total. The van der Waals surface area contributed by atoms with Crippen LogP contribution in [0.15, 0.2) is 42.6 Å². The third kappa shape index (κ3) is 3.14. The molecule has 0 aliphatic carbocycles. The van der Waals surface area contributed by atoms with Gasteiger partial charge in [-0.25, -0.2) is 4.68 Å². The Morgan fingerprint density at radius 3 is 2.56 bits per heavy atom. The van der Waals surface area contributed by atoms with E-state index in [4.69, 9.17) is 0 Å². The van der Waals surface area contributed by atoms with Crippen molar-refractivity contribution in [3.8, 4) is 5.69 Å². The molecule has 1 N–H and O–H groups in total.